The molecule has 0 saturated carbocycles. The number of fused-ring (bicyclic) bond motifs is 16. The zero-order valence-corrected chi connectivity index (χ0v) is 32.0. The fourth-order valence-electron chi connectivity index (χ4n) is 10.9. The van der Waals surface area contributed by atoms with Crippen LogP contribution in [0.5, 0.6) is 0 Å². The van der Waals surface area contributed by atoms with E-state index in [4.69, 9.17) is 0 Å². The van der Waals surface area contributed by atoms with E-state index in [1.165, 1.54) is 103 Å². The molecule has 4 aliphatic rings. The molecule has 4 heterocycles. The fraction of sp³-hybridized carbons (Fsp3) is 0.0741. The lowest BCUT2D eigenvalue weighted by Gasteiger charge is -2.40. The first-order valence-corrected chi connectivity index (χ1v) is 21.0. The number of hydrogen-bond acceptors (Lipinski definition) is 1. The molecular weight excluding hydrogens is 709 g/mol. The summed E-state index contributed by atoms with van der Waals surface area (Å²) in [5.74, 6) is 0.389. The number of aromatic nitrogens is 1. The molecule has 3 heteroatoms. The van der Waals surface area contributed by atoms with Crippen molar-refractivity contribution in [1.29, 1.82) is 0 Å². The summed E-state index contributed by atoms with van der Waals surface area (Å²) in [5, 5.41) is 7.88. The summed E-state index contributed by atoms with van der Waals surface area (Å²) < 4.78 is 5.30. The highest BCUT2D eigenvalue weighted by Crippen LogP contribution is 2.62. The maximum Gasteiger partial charge on any atom is 0.135 e. The van der Waals surface area contributed by atoms with E-state index >= 15 is 0 Å². The van der Waals surface area contributed by atoms with E-state index in [1.54, 1.807) is 0 Å². The molecule has 57 heavy (non-hydrogen) atoms. The Bertz CT molecular complexity index is 3310. The number of para-hydroxylation sites is 2. The number of rotatable bonds is 3. The molecule has 0 saturated heterocycles. The molecule has 2 nitrogen and oxygen atoms in total. The lowest BCUT2D eigenvalue weighted by Crippen LogP contribution is -2.83. The molecule has 13 rings (SSSR count). The monoisotopic (exact) mass is 745 g/mol. The number of thiophene rings is 1. The Morgan fingerprint density at radius 3 is 2.26 bits per heavy atom. The second-order valence-electron chi connectivity index (χ2n) is 16.1. The van der Waals surface area contributed by atoms with Crippen LogP contribution in [0, 0.1) is 0 Å². The van der Waals surface area contributed by atoms with Crippen molar-refractivity contribution in [3.63, 3.8) is 0 Å². The van der Waals surface area contributed by atoms with Gasteiger partial charge >= 0.3 is 0 Å². The normalized spacial score (nSPS) is 20.3. The lowest BCUT2D eigenvalue weighted by molar-refractivity contribution is -0.637. The van der Waals surface area contributed by atoms with Gasteiger partial charge in [0.15, 0.2) is 0 Å². The molecular formula is C54H37N2S+. The van der Waals surface area contributed by atoms with Crippen molar-refractivity contribution < 1.29 is 5.32 Å². The maximum absolute atomic E-state index is 2.58. The molecule has 1 spiro atoms. The highest BCUT2D eigenvalue weighted by molar-refractivity contribution is 7.26. The van der Waals surface area contributed by atoms with Crippen molar-refractivity contribution in [2.75, 3.05) is 0 Å². The second-order valence-corrected chi connectivity index (χ2v) is 17.1. The van der Waals surface area contributed by atoms with Gasteiger partial charge in [0.2, 0.25) is 0 Å². The fourth-order valence-corrected chi connectivity index (χ4v) is 12.2. The Hall–Kier alpha value is -6.52. The number of nitrogens with two attached hydrogens (primary N) is 1. The predicted molar refractivity (Wildman–Crippen MR) is 237 cm³/mol. The molecule has 268 valence electrons. The summed E-state index contributed by atoms with van der Waals surface area (Å²) in [7, 11) is 0. The van der Waals surface area contributed by atoms with Gasteiger partial charge in [-0.1, -0.05) is 146 Å². The van der Waals surface area contributed by atoms with Crippen LogP contribution >= 0.6 is 11.3 Å². The number of nitrogens with zero attached hydrogens (tertiary/aromatic N) is 1. The lowest BCUT2D eigenvalue weighted by atomic mass is 9.65. The molecule has 3 atom stereocenters. The van der Waals surface area contributed by atoms with E-state index in [1.807, 2.05) is 11.3 Å². The molecule has 2 N–H and O–H groups in total. The number of allylic oxidation sites excluding steroid dienone is 6. The Kier molecular flexibility index (Phi) is 6.53. The van der Waals surface area contributed by atoms with E-state index in [-0.39, 0.29) is 6.04 Å². The van der Waals surface area contributed by atoms with Gasteiger partial charge in [0, 0.05) is 48.0 Å². The van der Waals surface area contributed by atoms with Crippen molar-refractivity contribution in [1.82, 2.24) is 4.57 Å². The molecule has 2 aromatic heterocycles. The average Bonchev–Trinajstić information content (AvgIpc) is 3.93. The first kappa shape index (κ1) is 31.7. The quantitative estimate of drug-likeness (QED) is 0.186. The minimum Gasteiger partial charge on any atom is -0.309 e. The van der Waals surface area contributed by atoms with E-state index < -0.39 is 5.41 Å². The van der Waals surface area contributed by atoms with Crippen LogP contribution < -0.4 is 5.32 Å². The highest BCUT2D eigenvalue weighted by atomic mass is 32.1. The van der Waals surface area contributed by atoms with Crippen LogP contribution in [0.2, 0.25) is 0 Å². The molecule has 9 aromatic rings. The van der Waals surface area contributed by atoms with Crippen LogP contribution in [0.4, 0.5) is 0 Å². The first-order valence-electron chi connectivity index (χ1n) is 20.2. The Morgan fingerprint density at radius 2 is 1.33 bits per heavy atom. The van der Waals surface area contributed by atoms with Gasteiger partial charge < -0.3 is 9.88 Å². The van der Waals surface area contributed by atoms with Gasteiger partial charge in [0.05, 0.1) is 22.1 Å². The number of hydrogen-bond donors (Lipinski definition) is 1. The Balaban J connectivity index is 1.05. The van der Waals surface area contributed by atoms with E-state index in [0.29, 0.717) is 5.92 Å². The van der Waals surface area contributed by atoms with Gasteiger partial charge in [-0.25, -0.2) is 0 Å². The molecule has 0 bridgehead atoms. The van der Waals surface area contributed by atoms with E-state index in [2.05, 4.69) is 198 Å². The molecule has 3 unspecified atom stereocenters. The van der Waals surface area contributed by atoms with Crippen LogP contribution in [-0.2, 0) is 5.41 Å². The maximum atomic E-state index is 2.58. The van der Waals surface area contributed by atoms with Crippen molar-refractivity contribution in [2.45, 2.75) is 23.8 Å². The smallest absolute Gasteiger partial charge is 0.135 e. The predicted octanol–water partition coefficient (Wildman–Crippen LogP) is 12.6. The minimum absolute atomic E-state index is 0.159. The molecule has 0 amide bonds. The van der Waals surface area contributed by atoms with Gasteiger partial charge in [-0.2, -0.15) is 0 Å². The summed E-state index contributed by atoms with van der Waals surface area (Å²) in [4.78, 5) is 0. The van der Waals surface area contributed by atoms with Crippen LogP contribution in [-0.4, -0.2) is 4.57 Å². The van der Waals surface area contributed by atoms with Crippen LogP contribution in [0.15, 0.2) is 199 Å². The average molecular weight is 746 g/mol. The largest absolute Gasteiger partial charge is 0.309 e. The van der Waals surface area contributed by atoms with Gasteiger partial charge in [0.1, 0.15) is 11.7 Å². The van der Waals surface area contributed by atoms with E-state index in [0.717, 1.165) is 6.42 Å². The molecule has 0 radical (unpaired) electrons. The topological polar surface area (TPSA) is 21.5 Å². The van der Waals surface area contributed by atoms with Crippen LogP contribution in [0.25, 0.3) is 58.8 Å². The number of quaternary nitrogens is 1. The summed E-state index contributed by atoms with van der Waals surface area (Å²) in [6, 6.07) is 57.6. The third kappa shape index (κ3) is 4.23. The summed E-state index contributed by atoms with van der Waals surface area (Å²) in [6.07, 6.45) is 14.9. The minimum atomic E-state index is -0.505. The van der Waals surface area contributed by atoms with Crippen molar-refractivity contribution in [3.05, 3.63) is 233 Å². The van der Waals surface area contributed by atoms with Crippen LogP contribution in [0.1, 0.15) is 51.8 Å². The third-order valence-electron chi connectivity index (χ3n) is 13.3. The molecule has 2 aliphatic heterocycles. The van der Waals surface area contributed by atoms with Crippen LogP contribution in [0.3, 0.4) is 0 Å². The Morgan fingerprint density at radius 1 is 0.579 bits per heavy atom. The Labute approximate surface area is 335 Å². The molecule has 7 aromatic carbocycles. The first-order chi connectivity index (χ1) is 28.3. The second kappa shape index (κ2) is 11.8. The summed E-state index contributed by atoms with van der Waals surface area (Å²) in [5.41, 5.74) is 16.9. The summed E-state index contributed by atoms with van der Waals surface area (Å²) in [6.45, 7) is 0. The SMILES string of the molecule is C1=CC(c2ccccc2)CC(C2=CC=CC(c3ccc4c(c3)C3(c5ccccc5-4)c4ccccc4-n4c5ccccc5c5c6sc7ccccc7c6cc3c54)[NH2+]2)=C1. The standard InChI is InChI=1S/C54H36N2S/c1-2-14-33(15-3-1)34-16-12-17-35(30-34)46-23-13-24-47(55-46)36-28-29-38-37-18-4-7-21-42(37)54(44(38)31-36)43-22-8-10-26-49(43)56-48-25-9-5-20-40(48)51-52(56)45(54)32-41-39-19-6-11-27-50(39)57-53(41)51/h1-29,31-32,34,47,55H,30H2/p+1. The highest BCUT2D eigenvalue weighted by Gasteiger charge is 2.51. The number of benzene rings is 7. The van der Waals surface area contributed by atoms with Crippen molar-refractivity contribution >= 4 is 53.3 Å². The molecule has 0 fully saturated rings. The van der Waals surface area contributed by atoms with Gasteiger partial charge in [-0.3, -0.25) is 0 Å². The van der Waals surface area contributed by atoms with Gasteiger partial charge in [-0.05, 0) is 87.8 Å². The van der Waals surface area contributed by atoms with Gasteiger partial charge in [-0.15, -0.1) is 11.3 Å². The summed E-state index contributed by atoms with van der Waals surface area (Å²) >= 11 is 1.94. The van der Waals surface area contributed by atoms with Crippen molar-refractivity contribution in [2.24, 2.45) is 0 Å². The zero-order chi connectivity index (χ0) is 37.2. The van der Waals surface area contributed by atoms with Gasteiger partial charge in [0.25, 0.3) is 0 Å². The molecule has 2 aliphatic carbocycles. The van der Waals surface area contributed by atoms with E-state index in [9.17, 15) is 0 Å². The zero-order valence-electron chi connectivity index (χ0n) is 31.2. The van der Waals surface area contributed by atoms with Crippen molar-refractivity contribution in [3.8, 4) is 16.8 Å². The third-order valence-corrected chi connectivity index (χ3v) is 14.5.